The van der Waals surface area contributed by atoms with Crippen LogP contribution < -0.4 is 15.4 Å². The highest BCUT2D eigenvalue weighted by Crippen LogP contribution is 2.40. The highest BCUT2D eigenvalue weighted by molar-refractivity contribution is 7.22. The lowest BCUT2D eigenvalue weighted by atomic mass is 10.2. The number of fused-ring (bicyclic) bond motifs is 1. The maximum absolute atomic E-state index is 12.8. The molecular weight excluding hydrogens is 458 g/mol. The third-order valence-corrected chi connectivity index (χ3v) is 6.22. The normalized spacial score (nSPS) is 10.7. The number of hydrogen-bond donors (Lipinski definition) is 2. The lowest BCUT2D eigenvalue weighted by Gasteiger charge is -2.12. The number of non-ortho nitro benzene ring substituents is 1. The molecule has 0 spiro atoms. The second-order valence-corrected chi connectivity index (χ2v) is 7.86. The smallest absolute Gasteiger partial charge is 0.291 e. The van der Waals surface area contributed by atoms with E-state index in [4.69, 9.17) is 20.8 Å². The van der Waals surface area contributed by atoms with Crippen molar-refractivity contribution < 1.29 is 23.7 Å². The van der Waals surface area contributed by atoms with E-state index in [1.807, 2.05) is 0 Å². The number of furan rings is 1. The van der Waals surface area contributed by atoms with Gasteiger partial charge in [-0.15, -0.1) is 11.3 Å². The van der Waals surface area contributed by atoms with Crippen molar-refractivity contribution in [1.29, 1.82) is 0 Å². The van der Waals surface area contributed by atoms with Gasteiger partial charge in [0.15, 0.2) is 5.76 Å². The van der Waals surface area contributed by atoms with Gasteiger partial charge in [0.1, 0.15) is 15.3 Å². The summed E-state index contributed by atoms with van der Waals surface area (Å²) in [5.74, 6) is -0.539. The molecule has 0 bridgehead atoms. The van der Waals surface area contributed by atoms with E-state index in [-0.39, 0.29) is 21.3 Å². The summed E-state index contributed by atoms with van der Waals surface area (Å²) in [7, 11) is 1.42. The van der Waals surface area contributed by atoms with Crippen LogP contribution >= 0.6 is 22.9 Å². The number of anilines is 2. The number of halogens is 1. The Labute approximate surface area is 189 Å². The fourth-order valence-corrected chi connectivity index (χ4v) is 4.51. The Balaban J connectivity index is 1.58. The molecule has 162 valence electrons. The van der Waals surface area contributed by atoms with E-state index < -0.39 is 16.7 Å². The quantitative estimate of drug-likeness (QED) is 0.280. The fourth-order valence-electron chi connectivity index (χ4n) is 3.02. The summed E-state index contributed by atoms with van der Waals surface area (Å²) in [6, 6.07) is 12.3. The molecular formula is C21H14ClN3O6S. The van der Waals surface area contributed by atoms with Crippen LogP contribution in [0, 0.1) is 10.1 Å². The van der Waals surface area contributed by atoms with E-state index in [0.717, 1.165) is 11.3 Å². The molecule has 4 aromatic rings. The summed E-state index contributed by atoms with van der Waals surface area (Å²) < 4.78 is 10.7. The standard InChI is InChI=1S/C21H14ClN3O6S/c1-30-16-10-11(7-8-13(16)24-20(26)15-6-3-9-31-15)23-21(27)19-17(22)12-4-2-5-14(25(28)29)18(12)32-19/h2-10H,1H3,(H,23,27)(H,24,26). The van der Waals surface area contributed by atoms with Gasteiger partial charge >= 0.3 is 0 Å². The fraction of sp³-hybridized carbons (Fsp3) is 0.0476. The number of rotatable bonds is 6. The number of ether oxygens (including phenoxy) is 1. The van der Waals surface area contributed by atoms with Gasteiger partial charge in [0.25, 0.3) is 17.5 Å². The highest BCUT2D eigenvalue weighted by atomic mass is 35.5. The molecule has 2 aromatic heterocycles. The zero-order valence-electron chi connectivity index (χ0n) is 16.4. The summed E-state index contributed by atoms with van der Waals surface area (Å²) in [4.78, 5) is 35.9. The van der Waals surface area contributed by atoms with Crippen molar-refractivity contribution in [2.24, 2.45) is 0 Å². The van der Waals surface area contributed by atoms with Crippen LogP contribution in [0.4, 0.5) is 17.1 Å². The SMILES string of the molecule is COc1cc(NC(=O)c2sc3c([N+](=O)[O-])cccc3c2Cl)ccc1NC(=O)c1ccco1. The van der Waals surface area contributed by atoms with Crippen molar-refractivity contribution in [2.45, 2.75) is 0 Å². The third kappa shape index (κ3) is 4.01. The number of benzene rings is 2. The Kier molecular flexibility index (Phi) is 5.80. The van der Waals surface area contributed by atoms with E-state index in [1.54, 1.807) is 24.3 Å². The van der Waals surface area contributed by atoms with Crippen molar-refractivity contribution in [3.8, 4) is 5.75 Å². The molecule has 0 atom stereocenters. The largest absolute Gasteiger partial charge is 0.494 e. The predicted molar refractivity (Wildman–Crippen MR) is 121 cm³/mol. The Morgan fingerprint density at radius 1 is 1.12 bits per heavy atom. The van der Waals surface area contributed by atoms with Gasteiger partial charge in [0.2, 0.25) is 0 Å². The van der Waals surface area contributed by atoms with Crippen LogP contribution in [0.15, 0.2) is 59.2 Å². The van der Waals surface area contributed by atoms with Crippen molar-refractivity contribution in [3.63, 3.8) is 0 Å². The summed E-state index contributed by atoms with van der Waals surface area (Å²) >= 11 is 7.27. The van der Waals surface area contributed by atoms with E-state index >= 15 is 0 Å². The molecule has 0 aliphatic rings. The van der Waals surface area contributed by atoms with E-state index in [1.165, 1.54) is 37.6 Å². The first-order valence-electron chi connectivity index (χ1n) is 9.08. The molecule has 2 N–H and O–H groups in total. The van der Waals surface area contributed by atoms with Crippen LogP contribution in [0.5, 0.6) is 5.75 Å². The van der Waals surface area contributed by atoms with Gasteiger partial charge in [0.05, 0.1) is 29.0 Å². The Morgan fingerprint density at radius 3 is 2.62 bits per heavy atom. The molecule has 0 fully saturated rings. The second-order valence-electron chi connectivity index (χ2n) is 6.46. The zero-order valence-corrected chi connectivity index (χ0v) is 18.0. The molecule has 32 heavy (non-hydrogen) atoms. The molecule has 0 radical (unpaired) electrons. The van der Waals surface area contributed by atoms with Crippen LogP contribution in [0.1, 0.15) is 20.2 Å². The number of nitro benzene ring substituents is 1. The lowest BCUT2D eigenvalue weighted by molar-refractivity contribution is -0.382. The molecule has 0 saturated heterocycles. The van der Waals surface area contributed by atoms with Crippen LogP contribution in [0.3, 0.4) is 0 Å². The first-order valence-corrected chi connectivity index (χ1v) is 10.3. The second kappa shape index (κ2) is 8.69. The monoisotopic (exact) mass is 471 g/mol. The molecule has 0 saturated carbocycles. The van der Waals surface area contributed by atoms with Gasteiger partial charge in [-0.2, -0.15) is 0 Å². The Hall–Kier alpha value is -3.89. The third-order valence-electron chi connectivity index (χ3n) is 4.49. The molecule has 11 heteroatoms. The summed E-state index contributed by atoms with van der Waals surface area (Å²) in [5, 5.41) is 17.2. The van der Waals surface area contributed by atoms with Crippen LogP contribution in [0.25, 0.3) is 10.1 Å². The van der Waals surface area contributed by atoms with Crippen molar-refractivity contribution in [2.75, 3.05) is 17.7 Å². The molecule has 2 aromatic carbocycles. The minimum atomic E-state index is -0.528. The van der Waals surface area contributed by atoms with Gasteiger partial charge in [-0.3, -0.25) is 19.7 Å². The number of nitrogens with one attached hydrogen (secondary N) is 2. The van der Waals surface area contributed by atoms with Crippen molar-refractivity contribution in [1.82, 2.24) is 0 Å². The highest BCUT2D eigenvalue weighted by Gasteiger charge is 2.23. The predicted octanol–water partition coefficient (Wildman–Crippen LogP) is 5.57. The lowest BCUT2D eigenvalue weighted by Crippen LogP contribution is -2.13. The maximum Gasteiger partial charge on any atom is 0.291 e. The number of nitro groups is 1. The summed E-state index contributed by atoms with van der Waals surface area (Å²) in [5.41, 5.74) is 0.639. The molecule has 4 rings (SSSR count). The summed E-state index contributed by atoms with van der Waals surface area (Å²) in [6.07, 6.45) is 1.39. The topological polar surface area (TPSA) is 124 Å². The first-order chi connectivity index (χ1) is 15.4. The maximum atomic E-state index is 12.8. The summed E-state index contributed by atoms with van der Waals surface area (Å²) in [6.45, 7) is 0. The average molecular weight is 472 g/mol. The minimum absolute atomic E-state index is 0.119. The van der Waals surface area contributed by atoms with Crippen molar-refractivity contribution >= 4 is 61.9 Å². The van der Waals surface area contributed by atoms with Crippen LogP contribution in [0.2, 0.25) is 5.02 Å². The van der Waals surface area contributed by atoms with Gasteiger partial charge in [-0.25, -0.2) is 0 Å². The number of carbonyl (C=O) groups is 2. The Morgan fingerprint density at radius 2 is 1.94 bits per heavy atom. The molecule has 0 unspecified atom stereocenters. The van der Waals surface area contributed by atoms with E-state index in [2.05, 4.69) is 10.6 Å². The molecule has 9 nitrogen and oxygen atoms in total. The minimum Gasteiger partial charge on any atom is -0.494 e. The number of carbonyl (C=O) groups excluding carboxylic acids is 2. The molecule has 2 heterocycles. The van der Waals surface area contributed by atoms with Gasteiger partial charge in [-0.1, -0.05) is 23.7 Å². The molecule has 0 aliphatic heterocycles. The van der Waals surface area contributed by atoms with Gasteiger partial charge < -0.3 is 19.8 Å². The zero-order chi connectivity index (χ0) is 22.8. The van der Waals surface area contributed by atoms with Crippen LogP contribution in [-0.2, 0) is 0 Å². The average Bonchev–Trinajstić information content (AvgIpc) is 3.43. The molecule has 0 aliphatic carbocycles. The number of thiophene rings is 1. The number of amides is 2. The number of methoxy groups -OCH3 is 1. The van der Waals surface area contributed by atoms with Crippen LogP contribution in [-0.4, -0.2) is 23.8 Å². The van der Waals surface area contributed by atoms with E-state index in [0.29, 0.717) is 27.2 Å². The number of nitrogens with zero attached hydrogens (tertiary/aromatic N) is 1. The first kappa shape index (κ1) is 21.3. The van der Waals surface area contributed by atoms with E-state index in [9.17, 15) is 19.7 Å². The molecule has 2 amide bonds. The van der Waals surface area contributed by atoms with Gasteiger partial charge in [0, 0.05) is 23.2 Å². The van der Waals surface area contributed by atoms with Gasteiger partial charge in [-0.05, 0) is 24.3 Å². The van der Waals surface area contributed by atoms with Crippen molar-refractivity contribution in [3.05, 3.63) is 80.6 Å². The number of hydrogen-bond acceptors (Lipinski definition) is 7. The Bertz CT molecular complexity index is 1350.